The van der Waals surface area contributed by atoms with Gasteiger partial charge in [0.2, 0.25) is 11.8 Å². The molecule has 1 N–H and O–H groups in total. The normalized spacial score (nSPS) is 18.0. The van der Waals surface area contributed by atoms with Crippen LogP contribution in [0.25, 0.3) is 0 Å². The molecule has 31 heavy (non-hydrogen) atoms. The minimum absolute atomic E-state index is 0.159. The maximum absolute atomic E-state index is 13.3. The minimum Gasteiger partial charge on any atom is -0.494 e. The van der Waals surface area contributed by atoms with Crippen molar-refractivity contribution < 1.29 is 19.1 Å². The number of hydrogen-bond acceptors (Lipinski definition) is 5. The second-order valence-electron chi connectivity index (χ2n) is 7.43. The number of carbonyl (C=O) groups is 3. The van der Waals surface area contributed by atoms with Gasteiger partial charge in [-0.3, -0.25) is 14.4 Å². The van der Waals surface area contributed by atoms with Gasteiger partial charge in [0.15, 0.2) is 5.25 Å². The Morgan fingerprint density at radius 3 is 2.52 bits per heavy atom. The third-order valence-electron chi connectivity index (χ3n) is 5.28. The molecule has 0 radical (unpaired) electrons. The highest BCUT2D eigenvalue weighted by Gasteiger charge is 2.41. The van der Waals surface area contributed by atoms with Crippen molar-refractivity contribution in [2.45, 2.75) is 29.9 Å². The number of rotatable bonds is 6. The Morgan fingerprint density at radius 2 is 1.81 bits per heavy atom. The number of carbonyl (C=O) groups excluding carboxylic acids is 3. The first-order valence-corrected chi connectivity index (χ1v) is 11.3. The van der Waals surface area contributed by atoms with E-state index >= 15 is 0 Å². The number of benzene rings is 2. The van der Waals surface area contributed by atoms with Gasteiger partial charge in [0.1, 0.15) is 12.3 Å². The van der Waals surface area contributed by atoms with Crippen molar-refractivity contribution in [1.82, 2.24) is 4.90 Å². The number of para-hydroxylation sites is 1. The minimum atomic E-state index is -0.855. The Labute approximate surface area is 185 Å². The second-order valence-corrected chi connectivity index (χ2v) is 8.57. The van der Waals surface area contributed by atoms with Gasteiger partial charge in [-0.25, -0.2) is 0 Å². The summed E-state index contributed by atoms with van der Waals surface area (Å²) in [5.41, 5.74) is 1.27. The molecule has 4 rings (SSSR count). The zero-order chi connectivity index (χ0) is 21.8. The number of amides is 3. The molecule has 0 bridgehead atoms. The Morgan fingerprint density at radius 1 is 1.10 bits per heavy atom. The Kier molecular flexibility index (Phi) is 6.46. The SMILES string of the molecule is CCOc1ccc(NC(=O)CN2C(=O)C(C(=O)N3CCCC3)Sc3ccccc32)cc1. The summed E-state index contributed by atoms with van der Waals surface area (Å²) < 4.78 is 5.41. The van der Waals surface area contributed by atoms with Gasteiger partial charge in [0.05, 0.1) is 12.3 Å². The molecular formula is C23H25N3O4S. The van der Waals surface area contributed by atoms with E-state index in [0.717, 1.165) is 23.5 Å². The van der Waals surface area contributed by atoms with Crippen LogP contribution >= 0.6 is 11.8 Å². The molecule has 0 saturated carbocycles. The van der Waals surface area contributed by atoms with Gasteiger partial charge in [-0.2, -0.15) is 0 Å². The zero-order valence-corrected chi connectivity index (χ0v) is 18.2. The van der Waals surface area contributed by atoms with Crippen LogP contribution in [0.5, 0.6) is 5.75 Å². The molecular weight excluding hydrogens is 414 g/mol. The molecule has 8 heteroatoms. The van der Waals surface area contributed by atoms with Crippen LogP contribution in [0.2, 0.25) is 0 Å². The smallest absolute Gasteiger partial charge is 0.250 e. The number of thioether (sulfide) groups is 1. The summed E-state index contributed by atoms with van der Waals surface area (Å²) in [6.07, 6.45) is 1.92. The lowest BCUT2D eigenvalue weighted by atomic mass is 10.2. The molecule has 1 atom stereocenters. The van der Waals surface area contributed by atoms with E-state index in [-0.39, 0.29) is 24.3 Å². The maximum atomic E-state index is 13.3. The van der Waals surface area contributed by atoms with Crippen LogP contribution in [0.15, 0.2) is 53.4 Å². The van der Waals surface area contributed by atoms with Gasteiger partial charge >= 0.3 is 0 Å². The first-order chi connectivity index (χ1) is 15.1. The van der Waals surface area contributed by atoms with Crippen molar-refractivity contribution in [1.29, 1.82) is 0 Å². The largest absolute Gasteiger partial charge is 0.494 e. The van der Waals surface area contributed by atoms with Gasteiger partial charge < -0.3 is 19.9 Å². The van der Waals surface area contributed by atoms with Gasteiger partial charge in [-0.1, -0.05) is 12.1 Å². The summed E-state index contributed by atoms with van der Waals surface area (Å²) >= 11 is 1.27. The fraction of sp³-hybridized carbons (Fsp3) is 0.348. The number of fused-ring (bicyclic) bond motifs is 1. The molecule has 2 aromatic carbocycles. The van der Waals surface area contributed by atoms with Crippen molar-refractivity contribution >= 4 is 40.9 Å². The third-order valence-corrected chi connectivity index (χ3v) is 6.52. The topological polar surface area (TPSA) is 79.0 Å². The summed E-state index contributed by atoms with van der Waals surface area (Å²) in [4.78, 5) is 43.0. The van der Waals surface area contributed by atoms with E-state index in [4.69, 9.17) is 4.74 Å². The van der Waals surface area contributed by atoms with Crippen molar-refractivity contribution in [2.24, 2.45) is 0 Å². The molecule has 7 nitrogen and oxygen atoms in total. The van der Waals surface area contributed by atoms with Crippen molar-refractivity contribution in [2.75, 3.05) is 36.5 Å². The predicted octanol–water partition coefficient (Wildman–Crippen LogP) is 3.15. The van der Waals surface area contributed by atoms with Crippen LogP contribution in [0.3, 0.4) is 0 Å². The zero-order valence-electron chi connectivity index (χ0n) is 17.4. The molecule has 0 aromatic heterocycles. The second kappa shape index (κ2) is 9.43. The molecule has 0 spiro atoms. The molecule has 1 unspecified atom stereocenters. The average Bonchev–Trinajstić information content (AvgIpc) is 3.31. The molecule has 2 aliphatic heterocycles. The van der Waals surface area contributed by atoms with Gasteiger partial charge in [0, 0.05) is 23.7 Å². The number of nitrogens with zero attached hydrogens (tertiary/aromatic N) is 2. The highest BCUT2D eigenvalue weighted by molar-refractivity contribution is 8.01. The molecule has 2 aliphatic rings. The number of nitrogens with one attached hydrogen (secondary N) is 1. The van der Waals surface area contributed by atoms with Crippen LogP contribution in [-0.4, -0.2) is 54.1 Å². The maximum Gasteiger partial charge on any atom is 0.250 e. The van der Waals surface area contributed by atoms with Crippen LogP contribution in [-0.2, 0) is 14.4 Å². The highest BCUT2D eigenvalue weighted by Crippen LogP contribution is 2.40. The Balaban J connectivity index is 1.50. The lowest BCUT2D eigenvalue weighted by molar-refractivity contribution is -0.134. The standard InChI is InChI=1S/C23H25N3O4S/c1-2-30-17-11-9-16(10-12-17)24-20(27)15-26-18-7-3-4-8-19(18)31-21(23(26)29)22(28)25-13-5-6-14-25/h3-4,7-12,21H,2,5-6,13-15H2,1H3,(H,24,27). The third kappa shape index (κ3) is 4.69. The van der Waals surface area contributed by atoms with E-state index in [1.807, 2.05) is 25.1 Å². The fourth-order valence-electron chi connectivity index (χ4n) is 3.79. The predicted molar refractivity (Wildman–Crippen MR) is 120 cm³/mol. The van der Waals surface area contributed by atoms with E-state index in [1.165, 1.54) is 16.7 Å². The van der Waals surface area contributed by atoms with Crippen molar-refractivity contribution in [3.05, 3.63) is 48.5 Å². The van der Waals surface area contributed by atoms with Crippen LogP contribution in [0.4, 0.5) is 11.4 Å². The van der Waals surface area contributed by atoms with Crippen LogP contribution in [0.1, 0.15) is 19.8 Å². The fourth-order valence-corrected chi connectivity index (χ4v) is 4.97. The van der Waals surface area contributed by atoms with E-state index in [9.17, 15) is 14.4 Å². The van der Waals surface area contributed by atoms with Crippen LogP contribution in [0, 0.1) is 0 Å². The lowest BCUT2D eigenvalue weighted by Crippen LogP contribution is -2.51. The van der Waals surface area contributed by atoms with Crippen molar-refractivity contribution in [3.63, 3.8) is 0 Å². The number of anilines is 2. The number of ether oxygens (including phenoxy) is 1. The van der Waals surface area contributed by atoms with Gasteiger partial charge in [-0.15, -0.1) is 11.8 Å². The summed E-state index contributed by atoms with van der Waals surface area (Å²) in [6, 6.07) is 14.5. The first-order valence-electron chi connectivity index (χ1n) is 10.5. The molecule has 2 heterocycles. The number of hydrogen-bond donors (Lipinski definition) is 1. The van der Waals surface area contributed by atoms with E-state index in [1.54, 1.807) is 35.2 Å². The summed E-state index contributed by atoms with van der Waals surface area (Å²) in [5.74, 6) is -0.117. The van der Waals surface area contributed by atoms with E-state index in [0.29, 0.717) is 31.1 Å². The summed E-state index contributed by atoms with van der Waals surface area (Å²) in [6.45, 7) is 3.68. The quantitative estimate of drug-likeness (QED) is 0.700. The molecule has 1 fully saturated rings. The summed E-state index contributed by atoms with van der Waals surface area (Å²) in [5, 5.41) is 1.96. The Hall–Kier alpha value is -3.00. The summed E-state index contributed by atoms with van der Waals surface area (Å²) in [7, 11) is 0. The number of likely N-dealkylation sites (tertiary alicyclic amines) is 1. The first kappa shape index (κ1) is 21.2. The van der Waals surface area contributed by atoms with E-state index < -0.39 is 5.25 Å². The highest BCUT2D eigenvalue weighted by atomic mass is 32.2. The molecule has 0 aliphatic carbocycles. The monoisotopic (exact) mass is 439 g/mol. The Bertz CT molecular complexity index is 973. The molecule has 1 saturated heterocycles. The molecule has 3 amide bonds. The van der Waals surface area contributed by atoms with E-state index in [2.05, 4.69) is 5.32 Å². The van der Waals surface area contributed by atoms with Crippen LogP contribution < -0.4 is 15.0 Å². The molecule has 2 aromatic rings. The van der Waals surface area contributed by atoms with Gasteiger partial charge in [0.25, 0.3) is 5.91 Å². The van der Waals surface area contributed by atoms with Gasteiger partial charge in [-0.05, 0) is 56.2 Å². The van der Waals surface area contributed by atoms with Crippen molar-refractivity contribution in [3.8, 4) is 5.75 Å². The lowest BCUT2D eigenvalue weighted by Gasteiger charge is -2.34. The average molecular weight is 440 g/mol. The molecule has 162 valence electrons.